The molecule has 2 aromatic carbocycles. The average Bonchev–Trinajstić information content (AvgIpc) is 2.96. The summed E-state index contributed by atoms with van der Waals surface area (Å²) in [7, 11) is 0. The van der Waals surface area contributed by atoms with Crippen LogP contribution in [0.15, 0.2) is 79.0 Å². The van der Waals surface area contributed by atoms with Crippen molar-refractivity contribution in [1.29, 1.82) is 0 Å². The Bertz CT molecular complexity index is 1180. The summed E-state index contributed by atoms with van der Waals surface area (Å²) in [6.45, 7) is 1.19. The molecule has 10 heteroatoms. The standard InChI is InChI=1S/C29H37N7O3/c30-15-17-36(18-16-31)27(37)19-24(32)28(38)34-25(13-11-21-7-3-1-4-8-21)29(39)35-26-14-12-23(20-33-26)22-9-5-2-6-10-22/h1-10,12,14,20,24-25H,11,13,15-19,30-32H2,(H,34,38)(H,33,35,39)/t24-,25-/m0/s1. The summed E-state index contributed by atoms with van der Waals surface area (Å²) in [5, 5.41) is 5.51. The van der Waals surface area contributed by atoms with Crippen molar-refractivity contribution in [1.82, 2.24) is 15.2 Å². The molecule has 0 spiro atoms. The number of nitrogens with zero attached hydrogens (tertiary/aromatic N) is 2. The molecule has 0 saturated heterocycles. The van der Waals surface area contributed by atoms with Gasteiger partial charge in [-0.1, -0.05) is 60.7 Å². The van der Waals surface area contributed by atoms with E-state index in [-0.39, 0.29) is 25.4 Å². The summed E-state index contributed by atoms with van der Waals surface area (Å²) < 4.78 is 0. The number of carbonyl (C=O) groups is 3. The van der Waals surface area contributed by atoms with Crippen LogP contribution in [0, 0.1) is 0 Å². The van der Waals surface area contributed by atoms with Crippen molar-refractivity contribution in [3.63, 3.8) is 0 Å². The van der Waals surface area contributed by atoms with Gasteiger partial charge in [-0.15, -0.1) is 0 Å². The highest BCUT2D eigenvalue weighted by Crippen LogP contribution is 2.19. The van der Waals surface area contributed by atoms with E-state index < -0.39 is 23.9 Å². The number of hydrogen-bond donors (Lipinski definition) is 5. The highest BCUT2D eigenvalue weighted by molar-refractivity contribution is 5.98. The van der Waals surface area contributed by atoms with E-state index in [4.69, 9.17) is 17.2 Å². The van der Waals surface area contributed by atoms with Gasteiger partial charge >= 0.3 is 0 Å². The van der Waals surface area contributed by atoms with Crippen molar-refractivity contribution in [3.8, 4) is 11.1 Å². The topological polar surface area (TPSA) is 169 Å². The molecule has 0 radical (unpaired) electrons. The molecule has 1 heterocycles. The second kappa shape index (κ2) is 15.3. The lowest BCUT2D eigenvalue weighted by Gasteiger charge is -2.24. The fourth-order valence-corrected chi connectivity index (χ4v) is 4.07. The first kappa shape index (κ1) is 29.4. The molecule has 0 bridgehead atoms. The largest absolute Gasteiger partial charge is 0.343 e. The van der Waals surface area contributed by atoms with Crippen molar-refractivity contribution in [2.75, 3.05) is 31.5 Å². The Morgan fingerprint density at radius 1 is 0.821 bits per heavy atom. The minimum atomic E-state index is -1.13. The number of aromatic nitrogens is 1. The number of carbonyl (C=O) groups excluding carboxylic acids is 3. The third kappa shape index (κ3) is 9.29. The SMILES string of the molecule is NCCN(CCN)C(=O)C[C@H](N)C(=O)N[C@@H](CCc1ccccc1)C(=O)Nc1ccc(-c2ccccc2)cn1. The summed E-state index contributed by atoms with van der Waals surface area (Å²) in [5.74, 6) is -0.978. The molecule has 0 saturated carbocycles. The quantitative estimate of drug-likeness (QED) is 0.209. The first-order valence-electron chi connectivity index (χ1n) is 13.0. The lowest BCUT2D eigenvalue weighted by molar-refractivity contribution is -0.134. The molecule has 0 fully saturated rings. The molecule has 0 aliphatic rings. The van der Waals surface area contributed by atoms with Gasteiger partial charge in [0.25, 0.3) is 0 Å². The zero-order valence-corrected chi connectivity index (χ0v) is 22.0. The number of hydrogen-bond acceptors (Lipinski definition) is 7. The second-order valence-electron chi connectivity index (χ2n) is 9.14. The van der Waals surface area contributed by atoms with Gasteiger partial charge in [0.2, 0.25) is 17.7 Å². The van der Waals surface area contributed by atoms with Crippen molar-refractivity contribution >= 4 is 23.5 Å². The predicted molar refractivity (Wildman–Crippen MR) is 152 cm³/mol. The highest BCUT2D eigenvalue weighted by Gasteiger charge is 2.26. The van der Waals surface area contributed by atoms with Crippen LogP contribution in [0.3, 0.4) is 0 Å². The van der Waals surface area contributed by atoms with Crippen LogP contribution in [-0.2, 0) is 20.8 Å². The third-order valence-electron chi connectivity index (χ3n) is 6.20. The zero-order valence-electron chi connectivity index (χ0n) is 22.0. The van der Waals surface area contributed by atoms with E-state index in [0.717, 1.165) is 16.7 Å². The fourth-order valence-electron chi connectivity index (χ4n) is 4.07. The molecule has 3 aromatic rings. The lowest BCUT2D eigenvalue weighted by atomic mass is 10.0. The van der Waals surface area contributed by atoms with Gasteiger partial charge in [-0.05, 0) is 36.1 Å². The molecule has 10 nitrogen and oxygen atoms in total. The van der Waals surface area contributed by atoms with Crippen LogP contribution in [0.5, 0.6) is 0 Å². The Labute approximate surface area is 229 Å². The maximum atomic E-state index is 13.2. The Morgan fingerprint density at radius 2 is 1.46 bits per heavy atom. The highest BCUT2D eigenvalue weighted by atomic mass is 16.2. The number of aryl methyl sites for hydroxylation is 1. The molecule has 0 aliphatic heterocycles. The normalized spacial score (nSPS) is 12.3. The molecule has 206 valence electrons. The number of nitrogens with two attached hydrogens (primary N) is 3. The zero-order chi connectivity index (χ0) is 28.0. The molecule has 3 amide bonds. The summed E-state index contributed by atoms with van der Waals surface area (Å²) in [6, 6.07) is 21.0. The van der Waals surface area contributed by atoms with E-state index >= 15 is 0 Å². The average molecular weight is 532 g/mol. The lowest BCUT2D eigenvalue weighted by Crippen LogP contribution is -2.52. The number of rotatable bonds is 14. The molecule has 39 heavy (non-hydrogen) atoms. The minimum absolute atomic E-state index is 0.221. The van der Waals surface area contributed by atoms with Gasteiger partial charge in [0.1, 0.15) is 11.9 Å². The smallest absolute Gasteiger partial charge is 0.248 e. The van der Waals surface area contributed by atoms with Crippen LogP contribution in [0.25, 0.3) is 11.1 Å². The molecule has 0 unspecified atom stereocenters. The van der Waals surface area contributed by atoms with Crippen LogP contribution in [0.1, 0.15) is 18.4 Å². The number of benzene rings is 2. The van der Waals surface area contributed by atoms with Crippen LogP contribution in [0.2, 0.25) is 0 Å². The maximum absolute atomic E-state index is 13.2. The predicted octanol–water partition coefficient (Wildman–Crippen LogP) is 1.27. The Hall–Kier alpha value is -4.12. The Kier molecular flexibility index (Phi) is 11.6. The van der Waals surface area contributed by atoms with Crippen molar-refractivity contribution < 1.29 is 14.4 Å². The molecular formula is C29H37N7O3. The van der Waals surface area contributed by atoms with Gasteiger partial charge in [-0.3, -0.25) is 14.4 Å². The first-order chi connectivity index (χ1) is 18.9. The summed E-state index contributed by atoms with van der Waals surface area (Å²) in [5.41, 5.74) is 20.2. The number of nitrogens with one attached hydrogen (secondary N) is 2. The van der Waals surface area contributed by atoms with Crippen molar-refractivity contribution in [2.24, 2.45) is 17.2 Å². The van der Waals surface area contributed by atoms with Crippen molar-refractivity contribution in [3.05, 3.63) is 84.6 Å². The van der Waals surface area contributed by atoms with Gasteiger partial charge in [0, 0.05) is 37.9 Å². The van der Waals surface area contributed by atoms with E-state index in [0.29, 0.717) is 31.7 Å². The van der Waals surface area contributed by atoms with E-state index in [1.807, 2.05) is 66.7 Å². The summed E-state index contributed by atoms with van der Waals surface area (Å²) in [4.78, 5) is 44.6. The number of anilines is 1. The maximum Gasteiger partial charge on any atom is 0.248 e. The van der Waals surface area contributed by atoms with Gasteiger partial charge < -0.3 is 32.7 Å². The van der Waals surface area contributed by atoms with Crippen LogP contribution < -0.4 is 27.8 Å². The van der Waals surface area contributed by atoms with Crippen molar-refractivity contribution in [2.45, 2.75) is 31.3 Å². The molecule has 0 aliphatic carbocycles. The summed E-state index contributed by atoms with van der Waals surface area (Å²) >= 11 is 0. The monoisotopic (exact) mass is 531 g/mol. The Morgan fingerprint density at radius 3 is 2.05 bits per heavy atom. The van der Waals surface area contributed by atoms with Crippen LogP contribution in [-0.4, -0.2) is 65.9 Å². The van der Waals surface area contributed by atoms with Crippen LogP contribution in [0.4, 0.5) is 5.82 Å². The second-order valence-corrected chi connectivity index (χ2v) is 9.14. The van der Waals surface area contributed by atoms with Gasteiger partial charge in [0.05, 0.1) is 12.5 Å². The molecule has 2 atom stereocenters. The fraction of sp³-hybridized carbons (Fsp3) is 0.310. The van der Waals surface area contributed by atoms with Gasteiger partial charge in [0.15, 0.2) is 0 Å². The number of amides is 3. The first-order valence-corrected chi connectivity index (χ1v) is 13.0. The molecule has 1 aromatic heterocycles. The van der Waals surface area contributed by atoms with E-state index in [1.54, 1.807) is 12.3 Å². The van der Waals surface area contributed by atoms with E-state index in [1.165, 1.54) is 4.90 Å². The van der Waals surface area contributed by atoms with E-state index in [2.05, 4.69) is 15.6 Å². The molecular weight excluding hydrogens is 494 g/mol. The van der Waals surface area contributed by atoms with Gasteiger partial charge in [-0.25, -0.2) is 4.98 Å². The summed E-state index contributed by atoms with van der Waals surface area (Å²) in [6.07, 6.45) is 2.34. The third-order valence-corrected chi connectivity index (χ3v) is 6.20. The number of pyridine rings is 1. The molecule has 8 N–H and O–H groups in total. The molecule has 3 rings (SSSR count). The Balaban J connectivity index is 1.67. The van der Waals surface area contributed by atoms with E-state index in [9.17, 15) is 14.4 Å². The van der Waals surface area contributed by atoms with Gasteiger partial charge in [-0.2, -0.15) is 0 Å². The van der Waals surface area contributed by atoms with Crippen LogP contribution >= 0.6 is 0 Å². The minimum Gasteiger partial charge on any atom is -0.343 e.